The minimum atomic E-state index is -0.765. The number of carbonyl (C=O) groups excluding carboxylic acids is 1. The first-order chi connectivity index (χ1) is 12.7. The van der Waals surface area contributed by atoms with Crippen molar-refractivity contribution >= 4 is 17.3 Å². The highest BCUT2D eigenvalue weighted by Crippen LogP contribution is 2.19. The molecule has 1 amide bonds. The summed E-state index contributed by atoms with van der Waals surface area (Å²) < 4.78 is 14.9. The maximum Gasteiger partial charge on any atom is 0.268 e. The van der Waals surface area contributed by atoms with Crippen molar-refractivity contribution in [2.24, 2.45) is 5.16 Å². The van der Waals surface area contributed by atoms with E-state index in [1.807, 2.05) is 0 Å². The lowest BCUT2D eigenvalue weighted by molar-refractivity contribution is -0.125. The minimum absolute atomic E-state index is 0.272. The number of nitrogens with one attached hydrogen (secondary N) is 1. The fourth-order valence-corrected chi connectivity index (χ4v) is 2.58. The summed E-state index contributed by atoms with van der Waals surface area (Å²) in [7, 11) is 0. The Kier molecular flexibility index (Phi) is 4.14. The highest BCUT2D eigenvalue weighted by atomic mass is 19.1. The first-order valence-corrected chi connectivity index (χ1v) is 7.94. The second-order valence-electron chi connectivity index (χ2n) is 5.69. The van der Waals surface area contributed by atoms with Gasteiger partial charge >= 0.3 is 0 Å². The first kappa shape index (κ1) is 15.9. The van der Waals surface area contributed by atoms with Gasteiger partial charge < -0.3 is 10.2 Å². The third-order valence-electron chi connectivity index (χ3n) is 3.87. The molecule has 0 saturated heterocycles. The van der Waals surface area contributed by atoms with Crippen molar-refractivity contribution in [3.05, 3.63) is 72.4 Å². The van der Waals surface area contributed by atoms with Crippen molar-refractivity contribution in [2.45, 2.75) is 12.5 Å². The molecular formula is C18H14FN5O2. The molecule has 1 aromatic carbocycles. The zero-order valence-electron chi connectivity index (χ0n) is 13.5. The summed E-state index contributed by atoms with van der Waals surface area (Å²) in [5.41, 5.74) is 1.68. The van der Waals surface area contributed by atoms with Crippen LogP contribution in [-0.2, 0) is 9.63 Å². The molecule has 0 spiro atoms. The molecule has 3 heterocycles. The van der Waals surface area contributed by atoms with Gasteiger partial charge in [0.25, 0.3) is 5.91 Å². The van der Waals surface area contributed by atoms with Gasteiger partial charge in [-0.3, -0.25) is 4.79 Å². The molecule has 1 unspecified atom stereocenters. The summed E-state index contributed by atoms with van der Waals surface area (Å²) in [6, 6.07) is 11.3. The van der Waals surface area contributed by atoms with Crippen LogP contribution in [0.2, 0.25) is 0 Å². The van der Waals surface area contributed by atoms with E-state index in [0.29, 0.717) is 22.8 Å². The number of anilines is 1. The Bertz CT molecular complexity index is 954. The van der Waals surface area contributed by atoms with Crippen LogP contribution in [0.15, 0.2) is 66.2 Å². The van der Waals surface area contributed by atoms with Gasteiger partial charge in [-0.15, -0.1) is 0 Å². The van der Waals surface area contributed by atoms with Crippen LogP contribution in [0.3, 0.4) is 0 Å². The van der Waals surface area contributed by atoms with Crippen LogP contribution in [-0.4, -0.2) is 32.5 Å². The molecule has 26 heavy (non-hydrogen) atoms. The lowest BCUT2D eigenvalue weighted by Crippen LogP contribution is -2.28. The van der Waals surface area contributed by atoms with Gasteiger partial charge in [0, 0.05) is 24.4 Å². The molecule has 0 aliphatic carbocycles. The largest absolute Gasteiger partial charge is 0.382 e. The molecule has 0 fully saturated rings. The number of pyridine rings is 1. The smallest absolute Gasteiger partial charge is 0.268 e. The minimum Gasteiger partial charge on any atom is -0.382 e. The topological polar surface area (TPSA) is 81.4 Å². The molecule has 4 rings (SSSR count). The van der Waals surface area contributed by atoms with E-state index in [4.69, 9.17) is 4.84 Å². The van der Waals surface area contributed by atoms with Gasteiger partial charge in [-0.05, 0) is 30.3 Å². The van der Waals surface area contributed by atoms with Crippen molar-refractivity contribution in [1.82, 2.24) is 14.8 Å². The summed E-state index contributed by atoms with van der Waals surface area (Å²) in [4.78, 5) is 21.8. The van der Waals surface area contributed by atoms with Crippen LogP contribution in [0.1, 0.15) is 12.0 Å². The van der Waals surface area contributed by atoms with Gasteiger partial charge in [-0.25, -0.2) is 14.1 Å². The summed E-state index contributed by atoms with van der Waals surface area (Å²) in [5, 5.41) is 10.7. The van der Waals surface area contributed by atoms with Crippen LogP contribution < -0.4 is 5.32 Å². The lowest BCUT2D eigenvalue weighted by atomic mass is 10.0. The van der Waals surface area contributed by atoms with E-state index < -0.39 is 6.10 Å². The molecule has 7 nitrogen and oxygen atoms in total. The Morgan fingerprint density at radius 3 is 2.92 bits per heavy atom. The third kappa shape index (κ3) is 3.30. The van der Waals surface area contributed by atoms with Gasteiger partial charge in [-0.2, -0.15) is 5.10 Å². The van der Waals surface area contributed by atoms with E-state index in [1.165, 1.54) is 18.3 Å². The van der Waals surface area contributed by atoms with Gasteiger partial charge in [0.15, 0.2) is 5.82 Å². The number of hydrogen-bond acceptors (Lipinski definition) is 5. The zero-order chi connectivity index (χ0) is 17.9. The molecule has 8 heteroatoms. The van der Waals surface area contributed by atoms with Crippen LogP contribution >= 0.6 is 0 Å². The van der Waals surface area contributed by atoms with Gasteiger partial charge in [0.05, 0.1) is 17.6 Å². The maximum atomic E-state index is 13.3. The Morgan fingerprint density at radius 2 is 2.19 bits per heavy atom. The van der Waals surface area contributed by atoms with Crippen LogP contribution in [0, 0.1) is 5.82 Å². The Balaban J connectivity index is 1.39. The fraction of sp³-hybridized carbons (Fsp3) is 0.111. The Hall–Kier alpha value is -3.55. The Labute approximate surface area is 148 Å². The average molecular weight is 351 g/mol. The maximum absolute atomic E-state index is 13.3. The molecule has 1 aliphatic rings. The predicted octanol–water partition coefficient (Wildman–Crippen LogP) is 2.54. The van der Waals surface area contributed by atoms with Crippen LogP contribution in [0.5, 0.6) is 0 Å². The summed E-state index contributed by atoms with van der Waals surface area (Å²) in [5.74, 6) is -0.0583. The second kappa shape index (κ2) is 6.75. The van der Waals surface area contributed by atoms with E-state index in [9.17, 15) is 9.18 Å². The number of aromatic nitrogens is 3. The summed E-state index contributed by atoms with van der Waals surface area (Å²) in [6.45, 7) is 0. The normalized spacial score (nSPS) is 16.0. The van der Waals surface area contributed by atoms with Crippen molar-refractivity contribution in [1.29, 1.82) is 0 Å². The van der Waals surface area contributed by atoms with E-state index >= 15 is 0 Å². The van der Waals surface area contributed by atoms with Gasteiger partial charge in [0.2, 0.25) is 6.10 Å². The second-order valence-corrected chi connectivity index (χ2v) is 5.69. The Morgan fingerprint density at radius 1 is 1.27 bits per heavy atom. The molecule has 1 atom stereocenters. The van der Waals surface area contributed by atoms with Crippen molar-refractivity contribution in [2.75, 3.05) is 5.32 Å². The molecule has 0 radical (unpaired) electrons. The molecular weight excluding hydrogens is 337 g/mol. The number of rotatable bonds is 4. The zero-order valence-corrected chi connectivity index (χ0v) is 13.5. The molecule has 0 saturated carbocycles. The number of amides is 1. The number of oxime groups is 1. The summed E-state index contributed by atoms with van der Waals surface area (Å²) in [6.07, 6.45) is 4.48. The molecule has 1 aliphatic heterocycles. The predicted molar refractivity (Wildman–Crippen MR) is 92.4 cm³/mol. The average Bonchev–Trinajstić information content (AvgIpc) is 3.35. The number of nitrogens with zero attached hydrogens (tertiary/aromatic N) is 4. The van der Waals surface area contributed by atoms with Crippen LogP contribution in [0.4, 0.5) is 10.1 Å². The highest BCUT2D eigenvalue weighted by Gasteiger charge is 2.29. The lowest BCUT2D eigenvalue weighted by Gasteiger charge is -2.09. The van der Waals surface area contributed by atoms with Crippen molar-refractivity contribution < 1.29 is 14.0 Å². The van der Waals surface area contributed by atoms with Gasteiger partial charge in [0.1, 0.15) is 5.82 Å². The van der Waals surface area contributed by atoms with Crippen LogP contribution in [0.25, 0.3) is 5.82 Å². The van der Waals surface area contributed by atoms with E-state index in [0.717, 1.165) is 0 Å². The molecule has 3 aromatic rings. The summed E-state index contributed by atoms with van der Waals surface area (Å²) >= 11 is 0. The van der Waals surface area contributed by atoms with E-state index in [2.05, 4.69) is 20.6 Å². The molecule has 0 bridgehead atoms. The first-order valence-electron chi connectivity index (χ1n) is 7.94. The standard InChI is InChI=1S/C18H14FN5O2/c19-13-4-1-3-12(9-13)15-10-16(26-23-15)18(25)22-14-5-6-17(20-11-14)24-8-2-7-21-24/h1-9,11,16H,10H2,(H,22,25). The van der Waals surface area contributed by atoms with E-state index in [1.54, 1.807) is 47.4 Å². The van der Waals surface area contributed by atoms with Crippen molar-refractivity contribution in [3.63, 3.8) is 0 Å². The number of hydrogen-bond donors (Lipinski definition) is 1. The SMILES string of the molecule is O=C(Nc1ccc(-n2cccn2)nc1)C1CC(c2cccc(F)c2)=NO1. The van der Waals surface area contributed by atoms with Crippen molar-refractivity contribution in [3.8, 4) is 5.82 Å². The fourth-order valence-electron chi connectivity index (χ4n) is 2.58. The highest BCUT2D eigenvalue weighted by molar-refractivity contribution is 6.06. The number of halogens is 1. The number of carbonyl (C=O) groups is 1. The number of benzene rings is 1. The van der Waals surface area contributed by atoms with Gasteiger partial charge in [-0.1, -0.05) is 17.3 Å². The molecule has 2 aromatic heterocycles. The quantitative estimate of drug-likeness (QED) is 0.783. The third-order valence-corrected chi connectivity index (χ3v) is 3.87. The molecule has 130 valence electrons. The monoisotopic (exact) mass is 351 g/mol. The molecule has 1 N–H and O–H groups in total. The van der Waals surface area contributed by atoms with E-state index in [-0.39, 0.29) is 18.1 Å².